The lowest BCUT2D eigenvalue weighted by atomic mass is 10.3. The van der Waals surface area contributed by atoms with Crippen molar-refractivity contribution >= 4 is 27.5 Å². The van der Waals surface area contributed by atoms with Gasteiger partial charge in [0.2, 0.25) is 5.91 Å². The van der Waals surface area contributed by atoms with Gasteiger partial charge in [-0.15, -0.1) is 6.42 Å². The zero-order valence-corrected chi connectivity index (χ0v) is 12.3. The smallest absolute Gasteiger partial charge is 0.284 e. The van der Waals surface area contributed by atoms with Crippen LogP contribution in [-0.2, 0) is 11.3 Å². The second-order valence-electron chi connectivity index (χ2n) is 3.80. The van der Waals surface area contributed by atoms with E-state index in [0.717, 1.165) is 4.68 Å². The van der Waals surface area contributed by atoms with Crippen LogP contribution >= 0.6 is 15.9 Å². The van der Waals surface area contributed by atoms with Crippen LogP contribution in [-0.4, -0.2) is 28.3 Å². The van der Waals surface area contributed by atoms with E-state index >= 15 is 0 Å². The molecule has 6 nitrogen and oxygen atoms in total. The third-order valence-electron chi connectivity index (χ3n) is 2.34. The Morgan fingerprint density at radius 2 is 2.37 bits per heavy atom. The highest BCUT2D eigenvalue weighted by Gasteiger charge is 2.15. The zero-order chi connectivity index (χ0) is 14.4. The third-order valence-corrected chi connectivity index (χ3v) is 3.11. The maximum atomic E-state index is 11.9. The molecule has 1 atom stereocenters. The monoisotopic (exact) mass is 326 g/mol. The Labute approximate surface area is 119 Å². The first-order valence-corrected chi connectivity index (χ1v) is 6.53. The Morgan fingerprint density at radius 1 is 1.68 bits per heavy atom. The highest BCUT2D eigenvalue weighted by Crippen LogP contribution is 2.17. The van der Waals surface area contributed by atoms with Crippen LogP contribution < -0.4 is 16.2 Å². The van der Waals surface area contributed by atoms with Crippen LogP contribution in [0.1, 0.15) is 13.8 Å². The Balaban J connectivity index is 2.92. The number of nitrogens with zero attached hydrogens (tertiary/aromatic N) is 2. The van der Waals surface area contributed by atoms with E-state index in [4.69, 9.17) is 6.42 Å². The summed E-state index contributed by atoms with van der Waals surface area (Å²) in [4.78, 5) is 23.5. The van der Waals surface area contributed by atoms with Crippen LogP contribution in [0.25, 0.3) is 0 Å². The average Bonchev–Trinajstić information content (AvgIpc) is 2.38. The van der Waals surface area contributed by atoms with E-state index in [0.29, 0.717) is 16.7 Å². The van der Waals surface area contributed by atoms with Gasteiger partial charge in [-0.1, -0.05) is 5.92 Å². The summed E-state index contributed by atoms with van der Waals surface area (Å²) in [6.45, 7) is 4.19. The van der Waals surface area contributed by atoms with Crippen molar-refractivity contribution in [2.75, 3.05) is 11.9 Å². The Morgan fingerprint density at radius 3 is 2.95 bits per heavy atom. The van der Waals surface area contributed by atoms with Crippen molar-refractivity contribution in [3.05, 3.63) is 21.0 Å². The molecule has 0 aliphatic heterocycles. The van der Waals surface area contributed by atoms with Gasteiger partial charge in [0.25, 0.3) is 5.56 Å². The molecule has 102 valence electrons. The van der Waals surface area contributed by atoms with E-state index in [2.05, 4.69) is 37.6 Å². The Kier molecular flexibility index (Phi) is 5.57. The molecule has 0 bridgehead atoms. The van der Waals surface area contributed by atoms with Crippen molar-refractivity contribution in [3.63, 3.8) is 0 Å². The standard InChI is InChI=1S/C12H15BrN4O2/c1-4-6-17-12(19)10(13)9(7-15-17)16-8(3)11(18)14-5-2/h1,7-8,16H,5-6H2,2-3H3,(H,14,18). The number of carbonyl (C=O) groups is 1. The molecule has 19 heavy (non-hydrogen) atoms. The Bertz CT molecular complexity index is 562. The third kappa shape index (κ3) is 3.83. The van der Waals surface area contributed by atoms with E-state index in [1.54, 1.807) is 6.92 Å². The van der Waals surface area contributed by atoms with Crippen LogP contribution in [0.15, 0.2) is 15.5 Å². The number of hydrogen-bond donors (Lipinski definition) is 2. The zero-order valence-electron chi connectivity index (χ0n) is 10.7. The van der Waals surface area contributed by atoms with E-state index in [1.807, 2.05) is 6.92 Å². The maximum Gasteiger partial charge on any atom is 0.284 e. The fourth-order valence-corrected chi connectivity index (χ4v) is 1.81. The van der Waals surface area contributed by atoms with Gasteiger partial charge in [-0.05, 0) is 29.8 Å². The normalized spacial score (nSPS) is 11.5. The molecule has 0 saturated heterocycles. The molecule has 0 saturated carbocycles. The minimum atomic E-state index is -0.471. The highest BCUT2D eigenvalue weighted by molar-refractivity contribution is 9.10. The van der Waals surface area contributed by atoms with Crippen LogP contribution in [0.5, 0.6) is 0 Å². The van der Waals surface area contributed by atoms with Gasteiger partial charge in [0.1, 0.15) is 17.1 Å². The van der Waals surface area contributed by atoms with E-state index < -0.39 is 6.04 Å². The molecule has 0 aromatic carbocycles. The lowest BCUT2D eigenvalue weighted by Gasteiger charge is -2.15. The van der Waals surface area contributed by atoms with Crippen molar-refractivity contribution in [1.82, 2.24) is 15.1 Å². The van der Waals surface area contributed by atoms with E-state index in [9.17, 15) is 9.59 Å². The molecular formula is C12H15BrN4O2. The molecule has 2 N–H and O–H groups in total. The molecule has 1 unspecified atom stereocenters. The number of anilines is 1. The number of aromatic nitrogens is 2. The molecule has 0 fully saturated rings. The van der Waals surface area contributed by atoms with Gasteiger partial charge in [-0.25, -0.2) is 4.68 Å². The fraction of sp³-hybridized carbons (Fsp3) is 0.417. The number of terminal acetylenes is 1. The van der Waals surface area contributed by atoms with Crippen molar-refractivity contribution < 1.29 is 4.79 Å². The molecule has 7 heteroatoms. The number of halogens is 1. The summed E-state index contributed by atoms with van der Waals surface area (Å²) in [5.74, 6) is 2.19. The Hall–Kier alpha value is -1.81. The summed E-state index contributed by atoms with van der Waals surface area (Å²) in [5.41, 5.74) is 0.114. The summed E-state index contributed by atoms with van der Waals surface area (Å²) >= 11 is 3.18. The molecule has 1 rings (SSSR count). The summed E-state index contributed by atoms with van der Waals surface area (Å²) in [7, 11) is 0. The van der Waals surface area contributed by atoms with Crippen molar-refractivity contribution in [3.8, 4) is 12.3 Å². The fourth-order valence-electron chi connectivity index (χ4n) is 1.39. The predicted molar refractivity (Wildman–Crippen MR) is 76.8 cm³/mol. The summed E-state index contributed by atoms with van der Waals surface area (Å²) in [5, 5.41) is 9.53. The number of amides is 1. The maximum absolute atomic E-state index is 11.9. The van der Waals surface area contributed by atoms with Gasteiger partial charge in [0.15, 0.2) is 0 Å². The molecule has 0 aliphatic rings. The second kappa shape index (κ2) is 6.95. The lowest BCUT2D eigenvalue weighted by Crippen LogP contribution is -2.38. The first-order chi connectivity index (χ1) is 9.01. The number of carbonyl (C=O) groups excluding carboxylic acids is 1. The van der Waals surface area contributed by atoms with Gasteiger partial charge < -0.3 is 10.6 Å². The summed E-state index contributed by atoms with van der Waals surface area (Å²) < 4.78 is 1.46. The topological polar surface area (TPSA) is 76.0 Å². The minimum absolute atomic E-state index is 0.101. The minimum Gasteiger partial charge on any atom is -0.372 e. The number of nitrogens with one attached hydrogen (secondary N) is 2. The van der Waals surface area contributed by atoms with Gasteiger partial charge >= 0.3 is 0 Å². The molecule has 0 aliphatic carbocycles. The number of likely N-dealkylation sites (N-methyl/N-ethyl adjacent to an activating group) is 1. The van der Waals surface area contributed by atoms with Gasteiger partial charge in [-0.3, -0.25) is 9.59 Å². The molecular weight excluding hydrogens is 312 g/mol. The largest absolute Gasteiger partial charge is 0.372 e. The average molecular weight is 327 g/mol. The summed E-state index contributed by atoms with van der Waals surface area (Å²) in [6, 6.07) is -0.471. The SMILES string of the molecule is C#CCn1ncc(NC(C)C(=O)NCC)c(Br)c1=O. The number of rotatable bonds is 5. The van der Waals surface area contributed by atoms with Gasteiger partial charge in [-0.2, -0.15) is 5.10 Å². The van der Waals surface area contributed by atoms with Crippen LogP contribution in [0.3, 0.4) is 0 Å². The highest BCUT2D eigenvalue weighted by atomic mass is 79.9. The number of hydrogen-bond acceptors (Lipinski definition) is 4. The van der Waals surface area contributed by atoms with Crippen molar-refractivity contribution in [2.45, 2.75) is 26.4 Å². The van der Waals surface area contributed by atoms with Crippen LogP contribution in [0.2, 0.25) is 0 Å². The quantitative estimate of drug-likeness (QED) is 0.776. The molecule has 1 aromatic heterocycles. The van der Waals surface area contributed by atoms with Gasteiger partial charge in [0.05, 0.1) is 11.9 Å². The van der Waals surface area contributed by atoms with Crippen molar-refractivity contribution in [1.29, 1.82) is 0 Å². The first kappa shape index (κ1) is 15.2. The van der Waals surface area contributed by atoms with Crippen LogP contribution in [0.4, 0.5) is 5.69 Å². The van der Waals surface area contributed by atoms with E-state index in [1.165, 1.54) is 6.20 Å². The second-order valence-corrected chi connectivity index (χ2v) is 4.59. The molecule has 0 spiro atoms. The van der Waals surface area contributed by atoms with Crippen LogP contribution in [0, 0.1) is 12.3 Å². The molecule has 1 amide bonds. The van der Waals surface area contributed by atoms with Gasteiger partial charge in [0, 0.05) is 6.54 Å². The van der Waals surface area contributed by atoms with E-state index in [-0.39, 0.29) is 18.0 Å². The molecule has 1 aromatic rings. The lowest BCUT2D eigenvalue weighted by molar-refractivity contribution is -0.121. The molecule has 0 radical (unpaired) electrons. The first-order valence-electron chi connectivity index (χ1n) is 5.74. The molecule has 1 heterocycles. The predicted octanol–water partition coefficient (Wildman–Crippen LogP) is 0.575. The van der Waals surface area contributed by atoms with Crippen molar-refractivity contribution in [2.24, 2.45) is 0 Å². The summed E-state index contributed by atoms with van der Waals surface area (Å²) in [6.07, 6.45) is 6.59.